The molecule has 0 saturated carbocycles. The Balaban J connectivity index is 1.51. The standard InChI is InChI=1S/C18H20FNO2/c19-16-5-1-15(2-6-16)13-22-18-7-3-14(4-8-18)11-20-10-9-17(21)12-20/h1-8,17,21H,9-13H2/t17-/m0/s1. The summed E-state index contributed by atoms with van der Waals surface area (Å²) in [5.41, 5.74) is 2.15. The van der Waals surface area contributed by atoms with Gasteiger partial charge in [0.2, 0.25) is 0 Å². The van der Waals surface area contributed by atoms with Crippen LogP contribution in [0.2, 0.25) is 0 Å². The summed E-state index contributed by atoms with van der Waals surface area (Å²) in [5, 5.41) is 9.53. The first kappa shape index (κ1) is 15.0. The second-order valence-electron chi connectivity index (χ2n) is 5.74. The van der Waals surface area contributed by atoms with E-state index in [1.54, 1.807) is 12.1 Å². The fourth-order valence-electron chi connectivity index (χ4n) is 2.65. The number of ether oxygens (including phenoxy) is 1. The van der Waals surface area contributed by atoms with Crippen LogP contribution in [0, 0.1) is 5.82 Å². The van der Waals surface area contributed by atoms with Crippen LogP contribution in [-0.4, -0.2) is 29.2 Å². The molecule has 0 unspecified atom stereocenters. The maximum Gasteiger partial charge on any atom is 0.123 e. The monoisotopic (exact) mass is 301 g/mol. The molecule has 1 heterocycles. The molecule has 0 aromatic heterocycles. The van der Waals surface area contributed by atoms with Gasteiger partial charge in [-0.1, -0.05) is 24.3 Å². The summed E-state index contributed by atoms with van der Waals surface area (Å²) in [4.78, 5) is 2.25. The number of β-amino-alcohol motifs (C(OH)–C–C–N with tert-alkyl or cyclic N) is 1. The molecule has 4 heteroatoms. The van der Waals surface area contributed by atoms with Crippen LogP contribution in [0.15, 0.2) is 48.5 Å². The minimum atomic E-state index is -0.236. The number of aliphatic hydroxyl groups is 1. The second kappa shape index (κ2) is 6.90. The van der Waals surface area contributed by atoms with Crippen LogP contribution >= 0.6 is 0 Å². The van der Waals surface area contributed by atoms with Crippen molar-refractivity contribution in [2.24, 2.45) is 0 Å². The minimum Gasteiger partial charge on any atom is -0.489 e. The summed E-state index contributed by atoms with van der Waals surface area (Å²) < 4.78 is 18.5. The average molecular weight is 301 g/mol. The van der Waals surface area contributed by atoms with Crippen molar-refractivity contribution in [1.29, 1.82) is 0 Å². The lowest BCUT2D eigenvalue weighted by Gasteiger charge is -2.15. The van der Waals surface area contributed by atoms with Crippen molar-refractivity contribution in [1.82, 2.24) is 4.90 Å². The van der Waals surface area contributed by atoms with Crippen molar-refractivity contribution in [3.8, 4) is 5.75 Å². The summed E-state index contributed by atoms with van der Waals surface area (Å²) in [6.45, 7) is 2.99. The molecule has 0 radical (unpaired) electrons. The number of aliphatic hydroxyl groups excluding tert-OH is 1. The van der Waals surface area contributed by atoms with Crippen LogP contribution in [0.4, 0.5) is 4.39 Å². The largest absolute Gasteiger partial charge is 0.489 e. The highest BCUT2D eigenvalue weighted by molar-refractivity contribution is 5.28. The molecule has 0 bridgehead atoms. The smallest absolute Gasteiger partial charge is 0.123 e. The van der Waals surface area contributed by atoms with Crippen molar-refractivity contribution in [2.75, 3.05) is 13.1 Å². The number of benzene rings is 2. The summed E-state index contributed by atoms with van der Waals surface area (Å²) in [6.07, 6.45) is 0.678. The van der Waals surface area contributed by atoms with Crippen LogP contribution in [0.25, 0.3) is 0 Å². The predicted octanol–water partition coefficient (Wildman–Crippen LogP) is 2.97. The molecule has 1 saturated heterocycles. The first-order chi connectivity index (χ1) is 10.7. The highest BCUT2D eigenvalue weighted by atomic mass is 19.1. The third-order valence-corrected chi connectivity index (χ3v) is 3.90. The average Bonchev–Trinajstić information content (AvgIpc) is 2.93. The Kier molecular flexibility index (Phi) is 4.71. The molecule has 1 fully saturated rings. The second-order valence-corrected chi connectivity index (χ2v) is 5.74. The quantitative estimate of drug-likeness (QED) is 0.921. The predicted molar refractivity (Wildman–Crippen MR) is 83.1 cm³/mol. The fourth-order valence-corrected chi connectivity index (χ4v) is 2.65. The minimum absolute atomic E-state index is 0.182. The third kappa shape index (κ3) is 4.06. The van der Waals surface area contributed by atoms with Gasteiger partial charge in [0, 0.05) is 19.6 Å². The van der Waals surface area contributed by atoms with Gasteiger partial charge in [-0.25, -0.2) is 4.39 Å². The Hall–Kier alpha value is -1.91. The number of nitrogens with zero attached hydrogens (tertiary/aromatic N) is 1. The first-order valence-corrected chi connectivity index (χ1v) is 7.56. The zero-order chi connectivity index (χ0) is 15.4. The lowest BCUT2D eigenvalue weighted by atomic mass is 10.2. The van der Waals surface area contributed by atoms with Gasteiger partial charge in [0.25, 0.3) is 0 Å². The highest BCUT2D eigenvalue weighted by Crippen LogP contribution is 2.18. The lowest BCUT2D eigenvalue weighted by molar-refractivity contribution is 0.175. The molecular weight excluding hydrogens is 281 g/mol. The van der Waals surface area contributed by atoms with Crippen LogP contribution in [0.1, 0.15) is 17.5 Å². The van der Waals surface area contributed by atoms with E-state index < -0.39 is 0 Å². The molecule has 1 N–H and O–H groups in total. The SMILES string of the molecule is O[C@H]1CCN(Cc2ccc(OCc3ccc(F)cc3)cc2)C1. The van der Waals surface area contributed by atoms with Crippen molar-refractivity contribution < 1.29 is 14.2 Å². The van der Waals surface area contributed by atoms with Crippen molar-refractivity contribution >= 4 is 0 Å². The van der Waals surface area contributed by atoms with Crippen molar-refractivity contribution in [2.45, 2.75) is 25.7 Å². The molecule has 1 aliphatic rings. The van der Waals surface area contributed by atoms with Gasteiger partial charge in [0.1, 0.15) is 18.2 Å². The molecule has 22 heavy (non-hydrogen) atoms. The van der Waals surface area contributed by atoms with Crippen LogP contribution in [0.5, 0.6) is 5.75 Å². The van der Waals surface area contributed by atoms with Crippen LogP contribution in [0.3, 0.4) is 0 Å². The Labute approximate surface area is 130 Å². The van der Waals surface area contributed by atoms with E-state index in [1.165, 1.54) is 17.7 Å². The zero-order valence-electron chi connectivity index (χ0n) is 12.4. The van der Waals surface area contributed by atoms with E-state index in [4.69, 9.17) is 4.74 Å². The van der Waals surface area contributed by atoms with E-state index >= 15 is 0 Å². The first-order valence-electron chi connectivity index (χ1n) is 7.56. The van der Waals surface area contributed by atoms with Crippen LogP contribution in [-0.2, 0) is 13.2 Å². The summed E-state index contributed by atoms with van der Waals surface area (Å²) in [7, 11) is 0. The maximum atomic E-state index is 12.8. The lowest BCUT2D eigenvalue weighted by Crippen LogP contribution is -2.21. The molecule has 0 spiro atoms. The normalized spacial score (nSPS) is 18.5. The van der Waals surface area contributed by atoms with Gasteiger partial charge < -0.3 is 9.84 Å². The van der Waals surface area contributed by atoms with Gasteiger partial charge in [-0.15, -0.1) is 0 Å². The Morgan fingerprint density at radius 1 is 1.05 bits per heavy atom. The summed E-state index contributed by atoms with van der Waals surface area (Å²) in [5.74, 6) is 0.565. The molecule has 116 valence electrons. The number of rotatable bonds is 5. The molecule has 3 nitrogen and oxygen atoms in total. The molecule has 2 aromatic carbocycles. The Morgan fingerprint density at radius 2 is 1.73 bits per heavy atom. The molecule has 0 aliphatic carbocycles. The van der Waals surface area contributed by atoms with E-state index in [-0.39, 0.29) is 11.9 Å². The van der Waals surface area contributed by atoms with E-state index in [0.29, 0.717) is 6.61 Å². The van der Waals surface area contributed by atoms with Gasteiger partial charge in [-0.05, 0) is 41.8 Å². The maximum absolute atomic E-state index is 12.8. The molecule has 1 atom stereocenters. The number of hydrogen-bond donors (Lipinski definition) is 1. The molecule has 0 amide bonds. The van der Waals surface area contributed by atoms with Gasteiger partial charge in [-0.3, -0.25) is 4.90 Å². The van der Waals surface area contributed by atoms with Crippen molar-refractivity contribution in [3.05, 3.63) is 65.5 Å². The zero-order valence-corrected chi connectivity index (χ0v) is 12.4. The van der Waals surface area contributed by atoms with E-state index in [2.05, 4.69) is 4.90 Å². The van der Waals surface area contributed by atoms with E-state index in [9.17, 15) is 9.50 Å². The van der Waals surface area contributed by atoms with E-state index in [0.717, 1.165) is 37.4 Å². The Bertz CT molecular complexity index is 597. The number of hydrogen-bond acceptors (Lipinski definition) is 3. The van der Waals surface area contributed by atoms with Gasteiger partial charge in [0.05, 0.1) is 6.10 Å². The highest BCUT2D eigenvalue weighted by Gasteiger charge is 2.19. The summed E-state index contributed by atoms with van der Waals surface area (Å²) >= 11 is 0. The van der Waals surface area contributed by atoms with Crippen molar-refractivity contribution in [3.63, 3.8) is 0 Å². The Morgan fingerprint density at radius 3 is 2.36 bits per heavy atom. The molecule has 3 rings (SSSR count). The van der Waals surface area contributed by atoms with Crippen LogP contribution < -0.4 is 4.74 Å². The number of halogens is 1. The van der Waals surface area contributed by atoms with E-state index in [1.807, 2.05) is 24.3 Å². The number of likely N-dealkylation sites (tertiary alicyclic amines) is 1. The topological polar surface area (TPSA) is 32.7 Å². The third-order valence-electron chi connectivity index (χ3n) is 3.90. The van der Waals surface area contributed by atoms with Gasteiger partial charge in [-0.2, -0.15) is 0 Å². The molecule has 1 aliphatic heterocycles. The van der Waals surface area contributed by atoms with Gasteiger partial charge >= 0.3 is 0 Å². The molecule has 2 aromatic rings. The van der Waals surface area contributed by atoms with Gasteiger partial charge in [0.15, 0.2) is 0 Å². The summed E-state index contributed by atoms with van der Waals surface area (Å²) in [6, 6.07) is 14.3. The molecular formula is C18H20FNO2. The fraction of sp³-hybridized carbons (Fsp3) is 0.333.